The molecule has 164 valence electrons. The Morgan fingerprint density at radius 1 is 1.23 bits per heavy atom. The highest BCUT2D eigenvalue weighted by Gasteiger charge is 2.70. The van der Waals surface area contributed by atoms with Crippen molar-refractivity contribution in [2.45, 2.75) is 72.3 Å². The lowest BCUT2D eigenvalue weighted by molar-refractivity contribution is -0.165. The first-order valence-electron chi connectivity index (χ1n) is 11.5. The number of hydrogen-bond acceptors (Lipinski definition) is 4. The number of ether oxygens (including phenoxy) is 1. The molecule has 4 aliphatic rings. The predicted molar refractivity (Wildman–Crippen MR) is 115 cm³/mol. The zero-order valence-electron chi connectivity index (χ0n) is 18.9. The quantitative estimate of drug-likeness (QED) is 0.733. The van der Waals surface area contributed by atoms with Crippen molar-refractivity contribution in [2.24, 2.45) is 34.5 Å². The van der Waals surface area contributed by atoms with Crippen molar-refractivity contribution in [2.75, 3.05) is 6.54 Å². The molecular formula is C25H35NO4. The van der Waals surface area contributed by atoms with Crippen LogP contribution in [0.1, 0.15) is 66.7 Å². The van der Waals surface area contributed by atoms with E-state index in [1.807, 2.05) is 13.0 Å². The van der Waals surface area contributed by atoms with Crippen LogP contribution in [0.15, 0.2) is 23.8 Å². The van der Waals surface area contributed by atoms with Gasteiger partial charge in [0.1, 0.15) is 0 Å². The van der Waals surface area contributed by atoms with Crippen LogP contribution in [0, 0.1) is 34.5 Å². The third-order valence-corrected chi connectivity index (χ3v) is 9.19. The van der Waals surface area contributed by atoms with Gasteiger partial charge in [0.25, 0.3) is 0 Å². The van der Waals surface area contributed by atoms with Gasteiger partial charge in [-0.15, -0.1) is 0 Å². The smallest absolute Gasteiger partial charge is 0.408 e. The van der Waals surface area contributed by atoms with Gasteiger partial charge in [0, 0.05) is 23.3 Å². The molecule has 30 heavy (non-hydrogen) atoms. The van der Waals surface area contributed by atoms with Gasteiger partial charge < -0.3 is 10.1 Å². The Morgan fingerprint density at radius 2 is 1.97 bits per heavy atom. The number of carbonyl (C=O) groups is 3. The second-order valence-corrected chi connectivity index (χ2v) is 10.4. The molecule has 0 aromatic heterocycles. The second-order valence-electron chi connectivity index (χ2n) is 10.4. The number of hydrogen-bond donors (Lipinski definition) is 1. The van der Waals surface area contributed by atoms with Crippen molar-refractivity contribution >= 4 is 17.7 Å². The maximum atomic E-state index is 13.1. The average Bonchev–Trinajstić information content (AvgIpc) is 2.90. The molecule has 1 unspecified atom stereocenters. The Labute approximate surface area is 179 Å². The SMILES string of the molecule is CCNC(=O)O[C@]1(C(C)=O)C(C)C[C@H]2[C@@H]3CCC4=CC(=O)C=C[C@]4(C)[C@H]3CC[C@@]21C. The molecular weight excluding hydrogens is 378 g/mol. The summed E-state index contributed by atoms with van der Waals surface area (Å²) in [6.07, 6.45) is 9.92. The minimum Gasteiger partial charge on any atom is -0.434 e. The summed E-state index contributed by atoms with van der Waals surface area (Å²) in [5, 5.41) is 2.73. The van der Waals surface area contributed by atoms with E-state index < -0.39 is 11.7 Å². The highest BCUT2D eigenvalue weighted by Crippen LogP contribution is 2.69. The fourth-order valence-electron chi connectivity index (χ4n) is 7.89. The van der Waals surface area contributed by atoms with Crippen LogP contribution in [0.4, 0.5) is 4.79 Å². The minimum atomic E-state index is -1.07. The first-order valence-corrected chi connectivity index (χ1v) is 11.5. The summed E-state index contributed by atoms with van der Waals surface area (Å²) in [6, 6.07) is 0. The van der Waals surface area contributed by atoms with Crippen LogP contribution >= 0.6 is 0 Å². The summed E-state index contributed by atoms with van der Waals surface area (Å²) in [5.41, 5.74) is -0.251. The van der Waals surface area contributed by atoms with Crippen LogP contribution in [0.5, 0.6) is 0 Å². The van der Waals surface area contributed by atoms with Gasteiger partial charge in [0.05, 0.1) is 0 Å². The molecule has 0 spiro atoms. The first-order chi connectivity index (χ1) is 14.1. The highest BCUT2D eigenvalue weighted by atomic mass is 16.6. The number of ketones is 2. The standard InChI is InChI=1S/C25H35NO4/c1-6-26-22(29)30-25(16(3)27)15(2)13-21-19-8-7-17-14-18(28)9-11-23(17,4)20(19)10-12-24(21,25)5/h9,11,14-15,19-21H,6-8,10,12-13H2,1-5H3,(H,26,29)/t15?,19-,20+,21+,23+,24+,25+/m1/s1. The van der Waals surface area contributed by atoms with Crippen molar-refractivity contribution in [3.05, 3.63) is 23.8 Å². The molecule has 7 atom stereocenters. The predicted octanol–water partition coefficient (Wildman–Crippen LogP) is 4.61. The zero-order valence-corrected chi connectivity index (χ0v) is 18.9. The van der Waals surface area contributed by atoms with E-state index in [0.717, 1.165) is 32.1 Å². The van der Waals surface area contributed by atoms with Gasteiger partial charge in [-0.3, -0.25) is 9.59 Å². The number of alkyl carbamates (subject to hydrolysis) is 1. The lowest BCUT2D eigenvalue weighted by Crippen LogP contribution is -2.60. The number of fused-ring (bicyclic) bond motifs is 5. The maximum Gasteiger partial charge on any atom is 0.408 e. The number of Topliss-reactive ketones (excluding diaryl/α,β-unsaturated/α-hetero) is 1. The van der Waals surface area contributed by atoms with E-state index in [9.17, 15) is 14.4 Å². The molecule has 0 bridgehead atoms. The van der Waals surface area contributed by atoms with Crippen LogP contribution in [0.25, 0.3) is 0 Å². The van der Waals surface area contributed by atoms with Gasteiger partial charge in [-0.2, -0.15) is 0 Å². The van der Waals surface area contributed by atoms with Crippen LogP contribution in [0.2, 0.25) is 0 Å². The molecule has 0 aromatic carbocycles. The van der Waals surface area contributed by atoms with Gasteiger partial charge in [-0.25, -0.2) is 4.79 Å². The molecule has 4 rings (SSSR count). The van der Waals surface area contributed by atoms with E-state index >= 15 is 0 Å². The van der Waals surface area contributed by atoms with E-state index in [1.165, 1.54) is 5.57 Å². The summed E-state index contributed by atoms with van der Waals surface area (Å²) in [4.78, 5) is 37.5. The largest absolute Gasteiger partial charge is 0.434 e. The Morgan fingerprint density at radius 3 is 2.63 bits per heavy atom. The van der Waals surface area contributed by atoms with E-state index in [-0.39, 0.29) is 28.3 Å². The molecule has 0 heterocycles. The Balaban J connectivity index is 1.71. The van der Waals surface area contributed by atoms with Gasteiger partial charge >= 0.3 is 6.09 Å². The first kappa shape index (κ1) is 21.3. The fraction of sp³-hybridized carbons (Fsp3) is 0.720. The van der Waals surface area contributed by atoms with E-state index in [4.69, 9.17) is 4.74 Å². The molecule has 0 saturated heterocycles. The summed E-state index contributed by atoms with van der Waals surface area (Å²) in [7, 11) is 0. The summed E-state index contributed by atoms with van der Waals surface area (Å²) in [6.45, 7) is 10.5. The number of rotatable bonds is 3. The second kappa shape index (κ2) is 7.06. The van der Waals surface area contributed by atoms with Crippen LogP contribution < -0.4 is 5.32 Å². The number of allylic oxidation sites excluding steroid dienone is 4. The van der Waals surface area contributed by atoms with E-state index in [1.54, 1.807) is 13.0 Å². The molecule has 0 radical (unpaired) electrons. The van der Waals surface area contributed by atoms with Crippen molar-refractivity contribution < 1.29 is 19.1 Å². The Kier molecular flexibility index (Phi) is 5.02. The number of nitrogens with one attached hydrogen (secondary N) is 1. The molecule has 5 heteroatoms. The summed E-state index contributed by atoms with van der Waals surface area (Å²) >= 11 is 0. The molecule has 3 fully saturated rings. The van der Waals surface area contributed by atoms with E-state index in [2.05, 4.69) is 32.2 Å². The van der Waals surface area contributed by atoms with Gasteiger partial charge in [-0.1, -0.05) is 32.4 Å². The molecule has 4 aliphatic carbocycles. The van der Waals surface area contributed by atoms with Gasteiger partial charge in [-0.05, 0) is 75.9 Å². The van der Waals surface area contributed by atoms with Crippen molar-refractivity contribution in [1.29, 1.82) is 0 Å². The summed E-state index contributed by atoms with van der Waals surface area (Å²) in [5.74, 6) is 1.30. The van der Waals surface area contributed by atoms with E-state index in [0.29, 0.717) is 24.3 Å². The monoisotopic (exact) mass is 413 g/mol. The molecule has 3 saturated carbocycles. The molecule has 0 aromatic rings. The van der Waals surface area contributed by atoms with Crippen LogP contribution in [-0.2, 0) is 14.3 Å². The van der Waals surface area contributed by atoms with Gasteiger partial charge in [0.2, 0.25) is 0 Å². The molecule has 1 N–H and O–H groups in total. The van der Waals surface area contributed by atoms with Crippen LogP contribution in [-0.4, -0.2) is 29.8 Å². The highest BCUT2D eigenvalue weighted by molar-refractivity contribution is 6.01. The Bertz CT molecular complexity index is 844. The molecule has 0 aliphatic heterocycles. The molecule has 1 amide bonds. The molecule has 5 nitrogen and oxygen atoms in total. The minimum absolute atomic E-state index is 0.0143. The van der Waals surface area contributed by atoms with Crippen molar-refractivity contribution in [1.82, 2.24) is 5.32 Å². The Hall–Kier alpha value is -1.91. The fourth-order valence-corrected chi connectivity index (χ4v) is 7.89. The zero-order chi connectivity index (χ0) is 21.9. The number of amides is 1. The lowest BCUT2D eigenvalue weighted by atomic mass is 9.47. The van der Waals surface area contributed by atoms with Gasteiger partial charge in [0.15, 0.2) is 17.2 Å². The van der Waals surface area contributed by atoms with Crippen molar-refractivity contribution in [3.8, 4) is 0 Å². The third-order valence-electron chi connectivity index (χ3n) is 9.19. The summed E-state index contributed by atoms with van der Waals surface area (Å²) < 4.78 is 6.04. The lowest BCUT2D eigenvalue weighted by Gasteiger charge is -2.58. The topological polar surface area (TPSA) is 72.5 Å². The average molecular weight is 414 g/mol. The normalized spacial score (nSPS) is 44.4. The number of carbonyl (C=O) groups excluding carboxylic acids is 3. The third kappa shape index (κ3) is 2.69. The van der Waals surface area contributed by atoms with Crippen LogP contribution in [0.3, 0.4) is 0 Å². The van der Waals surface area contributed by atoms with Crippen molar-refractivity contribution in [3.63, 3.8) is 0 Å². The maximum absolute atomic E-state index is 13.1.